The molecule has 9 nitrogen and oxygen atoms in total. The van der Waals surface area contributed by atoms with Crippen molar-refractivity contribution in [2.24, 2.45) is 0 Å². The topological polar surface area (TPSA) is 126 Å². The molecule has 0 unspecified atom stereocenters. The van der Waals surface area contributed by atoms with Crippen LogP contribution in [-0.2, 0) is 11.2 Å². The summed E-state index contributed by atoms with van der Waals surface area (Å²) in [4.78, 5) is 14.9. The standard InChI is InChI=1S/C24H25N5O4S/c30-13-17-19(31)20(32)23(33-17)29-14-26-18-21(25-12-11-15-7-3-1-4-8-15)27-24(28-22(18)29)34-16-9-5-2-6-10-16/h1-10,14,17,19-20,23,30-32H,11-13H2,(H,25,27,28)/t17-,19-,20-,23-/m1/s1. The van der Waals surface area contributed by atoms with Crippen LogP contribution in [0.4, 0.5) is 5.82 Å². The maximum atomic E-state index is 10.5. The predicted molar refractivity (Wildman–Crippen MR) is 128 cm³/mol. The van der Waals surface area contributed by atoms with Crippen molar-refractivity contribution in [1.82, 2.24) is 19.5 Å². The predicted octanol–water partition coefficient (Wildman–Crippen LogP) is 2.24. The number of aliphatic hydroxyl groups is 3. The summed E-state index contributed by atoms with van der Waals surface area (Å²) in [5.41, 5.74) is 2.20. The van der Waals surface area contributed by atoms with Gasteiger partial charge in [-0.2, -0.15) is 0 Å². The molecule has 1 saturated heterocycles. The van der Waals surface area contributed by atoms with Gasteiger partial charge in [0.05, 0.1) is 12.9 Å². The summed E-state index contributed by atoms with van der Waals surface area (Å²) in [7, 11) is 0. The second-order valence-electron chi connectivity index (χ2n) is 7.99. The van der Waals surface area contributed by atoms with Gasteiger partial charge in [0.1, 0.15) is 18.3 Å². The molecule has 2 aromatic carbocycles. The highest BCUT2D eigenvalue weighted by Gasteiger charge is 2.44. The smallest absolute Gasteiger partial charge is 0.196 e. The van der Waals surface area contributed by atoms with Crippen molar-refractivity contribution in [3.63, 3.8) is 0 Å². The van der Waals surface area contributed by atoms with E-state index in [9.17, 15) is 15.3 Å². The highest BCUT2D eigenvalue weighted by atomic mass is 32.2. The normalized spacial score (nSPS) is 22.3. The van der Waals surface area contributed by atoms with Crippen molar-refractivity contribution in [3.05, 3.63) is 72.6 Å². The van der Waals surface area contributed by atoms with Crippen molar-refractivity contribution in [3.8, 4) is 0 Å². The van der Waals surface area contributed by atoms with Crippen LogP contribution in [0, 0.1) is 0 Å². The summed E-state index contributed by atoms with van der Waals surface area (Å²) in [5.74, 6) is 0.574. The fraction of sp³-hybridized carbons (Fsp3) is 0.292. The summed E-state index contributed by atoms with van der Waals surface area (Å²) in [6, 6.07) is 19.9. The Morgan fingerprint density at radius 1 is 0.971 bits per heavy atom. The molecule has 4 atom stereocenters. The molecule has 1 fully saturated rings. The number of hydrogen-bond donors (Lipinski definition) is 4. The zero-order valence-corrected chi connectivity index (χ0v) is 19.0. The first kappa shape index (κ1) is 22.8. The molecule has 0 amide bonds. The van der Waals surface area contributed by atoms with Gasteiger partial charge in [-0.25, -0.2) is 15.0 Å². The van der Waals surface area contributed by atoms with Gasteiger partial charge in [0.25, 0.3) is 0 Å². The largest absolute Gasteiger partial charge is 0.394 e. The van der Waals surface area contributed by atoms with E-state index in [2.05, 4.69) is 27.4 Å². The zero-order valence-electron chi connectivity index (χ0n) is 18.2. The number of hydrogen-bond acceptors (Lipinski definition) is 9. The van der Waals surface area contributed by atoms with Crippen molar-refractivity contribution in [2.45, 2.75) is 41.0 Å². The Morgan fingerprint density at radius 2 is 1.71 bits per heavy atom. The van der Waals surface area contributed by atoms with E-state index in [1.54, 1.807) is 4.57 Å². The first-order chi connectivity index (χ1) is 16.6. The minimum absolute atomic E-state index is 0.405. The van der Waals surface area contributed by atoms with Crippen LogP contribution in [0.1, 0.15) is 11.8 Å². The third-order valence-electron chi connectivity index (χ3n) is 5.69. The highest BCUT2D eigenvalue weighted by molar-refractivity contribution is 7.99. The maximum absolute atomic E-state index is 10.5. The summed E-state index contributed by atoms with van der Waals surface area (Å²) < 4.78 is 7.29. The Bertz CT molecular complexity index is 1240. The van der Waals surface area contributed by atoms with E-state index in [-0.39, 0.29) is 0 Å². The number of nitrogens with zero attached hydrogens (tertiary/aromatic N) is 4. The second kappa shape index (κ2) is 10.1. The third kappa shape index (κ3) is 4.63. The molecule has 3 heterocycles. The van der Waals surface area contributed by atoms with Gasteiger partial charge in [-0.05, 0) is 35.9 Å². The molecule has 5 rings (SSSR count). The first-order valence-corrected chi connectivity index (χ1v) is 11.8. The molecule has 2 aromatic heterocycles. The molecule has 4 N–H and O–H groups in total. The molecule has 0 bridgehead atoms. The van der Waals surface area contributed by atoms with Gasteiger partial charge in [0.15, 0.2) is 28.4 Å². The average molecular weight is 480 g/mol. The molecular weight excluding hydrogens is 454 g/mol. The van der Waals surface area contributed by atoms with E-state index in [1.807, 2.05) is 48.5 Å². The lowest BCUT2D eigenvalue weighted by atomic mass is 10.1. The van der Waals surface area contributed by atoms with Crippen LogP contribution in [0.3, 0.4) is 0 Å². The van der Waals surface area contributed by atoms with E-state index < -0.39 is 31.1 Å². The van der Waals surface area contributed by atoms with Gasteiger partial charge in [-0.1, -0.05) is 48.5 Å². The Labute approximate surface area is 200 Å². The minimum atomic E-state index is -1.23. The van der Waals surface area contributed by atoms with Gasteiger partial charge >= 0.3 is 0 Å². The Hall–Kier alpha value is -3.02. The molecule has 176 valence electrons. The Morgan fingerprint density at radius 3 is 2.41 bits per heavy atom. The molecule has 4 aromatic rings. The lowest BCUT2D eigenvalue weighted by molar-refractivity contribution is -0.0511. The number of anilines is 1. The van der Waals surface area contributed by atoms with Crippen LogP contribution in [0.2, 0.25) is 0 Å². The van der Waals surface area contributed by atoms with Crippen LogP contribution >= 0.6 is 11.8 Å². The minimum Gasteiger partial charge on any atom is -0.394 e. The van der Waals surface area contributed by atoms with E-state index in [1.165, 1.54) is 23.7 Å². The summed E-state index contributed by atoms with van der Waals surface area (Å²) in [6.45, 7) is 0.240. The quantitative estimate of drug-likeness (QED) is 0.282. The highest BCUT2D eigenvalue weighted by Crippen LogP contribution is 2.34. The molecule has 0 spiro atoms. The SMILES string of the molecule is OC[C@H]1O[C@@H](n2cnc3c(NCCc4ccccc4)nc(Sc4ccccc4)nc32)[C@H](O)[C@@H]1O. The van der Waals surface area contributed by atoms with E-state index in [4.69, 9.17) is 9.72 Å². The summed E-state index contributed by atoms with van der Waals surface area (Å²) in [5, 5.41) is 34.1. The van der Waals surface area contributed by atoms with Gasteiger partial charge in [-0.15, -0.1) is 0 Å². The van der Waals surface area contributed by atoms with Gasteiger partial charge < -0.3 is 25.4 Å². The number of fused-ring (bicyclic) bond motifs is 1. The number of imidazole rings is 1. The van der Waals surface area contributed by atoms with E-state index in [0.29, 0.717) is 28.7 Å². The fourth-order valence-electron chi connectivity index (χ4n) is 3.93. The number of ether oxygens (including phenoxy) is 1. The van der Waals surface area contributed by atoms with Crippen LogP contribution in [0.5, 0.6) is 0 Å². The zero-order chi connectivity index (χ0) is 23.5. The molecule has 0 saturated carbocycles. The van der Waals surface area contributed by atoms with Crippen LogP contribution in [-0.4, -0.2) is 66.3 Å². The molecule has 1 aliphatic heterocycles. The van der Waals surface area contributed by atoms with E-state index in [0.717, 1.165) is 11.3 Å². The number of aliphatic hydroxyl groups excluding tert-OH is 3. The van der Waals surface area contributed by atoms with Gasteiger partial charge in [-0.3, -0.25) is 4.57 Å². The first-order valence-electron chi connectivity index (χ1n) is 11.0. The molecule has 0 radical (unpaired) electrons. The monoisotopic (exact) mass is 479 g/mol. The van der Waals surface area contributed by atoms with Crippen LogP contribution in [0.15, 0.2) is 77.0 Å². The number of benzene rings is 2. The lowest BCUT2D eigenvalue weighted by Crippen LogP contribution is -2.33. The molecule has 34 heavy (non-hydrogen) atoms. The second-order valence-corrected chi connectivity index (χ2v) is 9.03. The van der Waals surface area contributed by atoms with Gasteiger partial charge in [0.2, 0.25) is 0 Å². The van der Waals surface area contributed by atoms with Crippen molar-refractivity contribution < 1.29 is 20.1 Å². The Kier molecular flexibility index (Phi) is 6.75. The average Bonchev–Trinajstić information content (AvgIpc) is 3.41. The fourth-order valence-corrected chi connectivity index (χ4v) is 4.70. The van der Waals surface area contributed by atoms with Crippen LogP contribution < -0.4 is 5.32 Å². The molecule has 1 aliphatic rings. The summed E-state index contributed by atoms with van der Waals surface area (Å²) in [6.07, 6.45) is -1.94. The lowest BCUT2D eigenvalue weighted by Gasteiger charge is -2.17. The molecular formula is C24H25N5O4S. The van der Waals surface area contributed by atoms with Gasteiger partial charge in [0, 0.05) is 11.4 Å². The number of aromatic nitrogens is 4. The molecule has 0 aliphatic carbocycles. The maximum Gasteiger partial charge on any atom is 0.196 e. The number of nitrogens with one attached hydrogen (secondary N) is 1. The number of rotatable bonds is 8. The van der Waals surface area contributed by atoms with Crippen LogP contribution in [0.25, 0.3) is 11.2 Å². The third-order valence-corrected chi connectivity index (χ3v) is 6.57. The molecule has 10 heteroatoms. The van der Waals surface area contributed by atoms with E-state index >= 15 is 0 Å². The van der Waals surface area contributed by atoms with Crippen molar-refractivity contribution >= 4 is 28.7 Å². The Balaban J connectivity index is 1.48. The van der Waals surface area contributed by atoms with Crippen molar-refractivity contribution in [2.75, 3.05) is 18.5 Å². The van der Waals surface area contributed by atoms with Crippen molar-refractivity contribution in [1.29, 1.82) is 0 Å². The summed E-state index contributed by atoms with van der Waals surface area (Å²) >= 11 is 1.41.